The Morgan fingerprint density at radius 1 is 1.03 bits per heavy atom. The zero-order valence-corrected chi connectivity index (χ0v) is 20.9. The van der Waals surface area contributed by atoms with Crippen LogP contribution in [0.5, 0.6) is 0 Å². The number of piperidine rings is 1. The normalized spacial score (nSPS) is 18.4. The van der Waals surface area contributed by atoms with Crippen LogP contribution in [0.4, 0.5) is 13.2 Å². The number of aromatic amines is 2. The minimum absolute atomic E-state index is 0.121. The van der Waals surface area contributed by atoms with Gasteiger partial charge in [-0.15, -0.1) is 0 Å². The number of fused-ring (bicyclic) bond motifs is 1. The first-order valence-electron chi connectivity index (χ1n) is 13.2. The van der Waals surface area contributed by atoms with Crippen LogP contribution in [0.1, 0.15) is 72.5 Å². The van der Waals surface area contributed by atoms with Gasteiger partial charge in [0.15, 0.2) is 0 Å². The highest BCUT2D eigenvalue weighted by molar-refractivity contribution is 5.58. The quantitative estimate of drug-likeness (QED) is 0.334. The van der Waals surface area contributed by atoms with E-state index in [1.54, 1.807) is 12.3 Å². The topological polar surface area (TPSA) is 61.2 Å². The van der Waals surface area contributed by atoms with Gasteiger partial charge in [0, 0.05) is 30.6 Å². The molecule has 4 aromatic rings. The van der Waals surface area contributed by atoms with Crippen molar-refractivity contribution in [3.8, 4) is 5.69 Å². The molecule has 37 heavy (non-hydrogen) atoms. The molecule has 1 aliphatic heterocycles. The second kappa shape index (κ2) is 9.28. The lowest BCUT2D eigenvalue weighted by Gasteiger charge is -2.36. The van der Waals surface area contributed by atoms with Crippen molar-refractivity contribution in [2.24, 2.45) is 5.92 Å². The van der Waals surface area contributed by atoms with E-state index < -0.39 is 17.4 Å². The van der Waals surface area contributed by atoms with Crippen LogP contribution in [0, 0.1) is 12.8 Å². The molecule has 6 nitrogen and oxygen atoms in total. The van der Waals surface area contributed by atoms with E-state index >= 15 is 0 Å². The molecular formula is C28H32F3N5O. The van der Waals surface area contributed by atoms with Crippen LogP contribution in [-0.2, 0) is 12.7 Å². The van der Waals surface area contributed by atoms with Crippen LogP contribution >= 0.6 is 0 Å². The number of nitrogens with one attached hydrogen (secondary N) is 2. The molecule has 1 unspecified atom stereocenters. The number of rotatable bonds is 6. The molecule has 2 fully saturated rings. The minimum Gasteiger partial charge on any atom is -0.304 e. The number of likely N-dealkylation sites (tertiary alicyclic amines) is 1. The van der Waals surface area contributed by atoms with Crippen molar-refractivity contribution in [1.82, 2.24) is 24.1 Å². The molecule has 3 aromatic heterocycles. The van der Waals surface area contributed by atoms with Crippen molar-refractivity contribution < 1.29 is 13.2 Å². The number of halogens is 3. The average Bonchev–Trinajstić information content (AvgIpc) is 3.17. The molecule has 9 heteroatoms. The maximum absolute atomic E-state index is 14.1. The van der Waals surface area contributed by atoms with E-state index in [2.05, 4.69) is 15.1 Å². The number of nitrogens with zero attached hydrogens (tertiary/aromatic N) is 3. The molecule has 2 N–H and O–H groups in total. The van der Waals surface area contributed by atoms with Crippen LogP contribution in [0.3, 0.4) is 0 Å². The highest BCUT2D eigenvalue weighted by Crippen LogP contribution is 2.44. The van der Waals surface area contributed by atoms with Gasteiger partial charge in [-0.2, -0.15) is 13.2 Å². The summed E-state index contributed by atoms with van der Waals surface area (Å²) in [6.45, 7) is 4.17. The number of alkyl halides is 3. The Bertz CT molecular complexity index is 1460. The summed E-state index contributed by atoms with van der Waals surface area (Å²) in [4.78, 5) is 15.7. The fourth-order valence-electron chi connectivity index (χ4n) is 6.01. The summed E-state index contributed by atoms with van der Waals surface area (Å²) in [5.74, 6) is 0.679. The average molecular weight is 512 g/mol. The Kier molecular flexibility index (Phi) is 6.06. The molecular weight excluding hydrogens is 479 g/mol. The van der Waals surface area contributed by atoms with Crippen LogP contribution < -0.4 is 5.69 Å². The number of benzene rings is 1. The predicted octanol–water partition coefficient (Wildman–Crippen LogP) is 5.99. The monoisotopic (exact) mass is 511 g/mol. The number of H-pyrrole nitrogens is 2. The molecule has 6 rings (SSSR count). The Hall–Kier alpha value is -3.20. The summed E-state index contributed by atoms with van der Waals surface area (Å²) in [6.07, 6.45) is 5.07. The van der Waals surface area contributed by atoms with Gasteiger partial charge in [0.05, 0.1) is 22.5 Å². The highest BCUT2D eigenvalue weighted by Gasteiger charge is 2.35. The number of hydrogen-bond donors (Lipinski definition) is 2. The van der Waals surface area contributed by atoms with Crippen LogP contribution in [0.2, 0.25) is 0 Å². The molecule has 1 aromatic carbocycles. The molecule has 1 saturated heterocycles. The third-order valence-electron chi connectivity index (χ3n) is 8.21. The molecule has 1 aliphatic carbocycles. The maximum Gasteiger partial charge on any atom is 0.418 e. The van der Waals surface area contributed by atoms with E-state index in [0.29, 0.717) is 23.7 Å². The molecule has 1 atom stereocenters. The fourth-order valence-corrected chi connectivity index (χ4v) is 6.01. The first kappa shape index (κ1) is 24.2. The lowest BCUT2D eigenvalue weighted by molar-refractivity contribution is -0.136. The largest absolute Gasteiger partial charge is 0.418 e. The van der Waals surface area contributed by atoms with Gasteiger partial charge < -0.3 is 10.2 Å². The van der Waals surface area contributed by atoms with E-state index in [1.165, 1.54) is 27.7 Å². The lowest BCUT2D eigenvalue weighted by Crippen LogP contribution is -2.29. The van der Waals surface area contributed by atoms with E-state index in [0.717, 1.165) is 62.1 Å². The maximum atomic E-state index is 14.1. The highest BCUT2D eigenvalue weighted by atomic mass is 19.4. The summed E-state index contributed by atoms with van der Waals surface area (Å²) in [5, 5.41) is 6.33. The Labute approximate surface area is 213 Å². The number of pyridine rings is 1. The summed E-state index contributed by atoms with van der Waals surface area (Å²) in [7, 11) is 0. The smallest absolute Gasteiger partial charge is 0.304 e. The standard InChI is InChI=1S/C28H32F3N5O/c1-18-26(33-32-18)25(20-7-5-8-20)21-9-6-10-22(14-21)35-17-24-23(28(29,30)31)13-19(16-36(24)27(35)37)15-34-11-3-2-4-12-34/h6,9-10,13-14,16-17,20,25,32-33H,2-5,7-8,11-12,15H2,1H3. The van der Waals surface area contributed by atoms with Crippen molar-refractivity contribution in [3.63, 3.8) is 0 Å². The van der Waals surface area contributed by atoms with E-state index in [1.807, 2.05) is 25.1 Å². The van der Waals surface area contributed by atoms with Crippen LogP contribution in [-0.4, -0.2) is 37.2 Å². The first-order chi connectivity index (χ1) is 17.8. The van der Waals surface area contributed by atoms with E-state index in [-0.39, 0.29) is 11.4 Å². The Morgan fingerprint density at radius 2 is 1.81 bits per heavy atom. The van der Waals surface area contributed by atoms with Gasteiger partial charge in [-0.1, -0.05) is 25.0 Å². The SMILES string of the molecule is Cc1[nH][nH]c1C(c1cccc(-n2cc3c(C(F)(F)F)cc(CN4CCCCC4)cn3c2=O)c1)C1CCC1. The van der Waals surface area contributed by atoms with Crippen molar-refractivity contribution in [2.75, 3.05) is 13.1 Å². The third kappa shape index (κ3) is 4.43. The predicted molar refractivity (Wildman–Crippen MR) is 136 cm³/mol. The summed E-state index contributed by atoms with van der Waals surface area (Å²) in [6, 6.07) is 8.88. The molecule has 2 aliphatic rings. The number of hydrogen-bond acceptors (Lipinski definition) is 2. The molecule has 196 valence electrons. The zero-order chi connectivity index (χ0) is 25.7. The third-order valence-corrected chi connectivity index (χ3v) is 8.21. The first-order valence-corrected chi connectivity index (χ1v) is 13.2. The van der Waals surface area contributed by atoms with Crippen molar-refractivity contribution in [3.05, 3.63) is 81.3 Å². The van der Waals surface area contributed by atoms with Crippen molar-refractivity contribution in [1.29, 1.82) is 0 Å². The molecule has 0 amide bonds. The van der Waals surface area contributed by atoms with Crippen molar-refractivity contribution in [2.45, 2.75) is 64.1 Å². The van der Waals surface area contributed by atoms with Crippen LogP contribution in [0.25, 0.3) is 11.2 Å². The second-order valence-corrected chi connectivity index (χ2v) is 10.7. The van der Waals surface area contributed by atoms with Gasteiger partial charge in [-0.05, 0) is 80.9 Å². The van der Waals surface area contributed by atoms with Gasteiger partial charge in [0.25, 0.3) is 0 Å². The molecule has 0 bridgehead atoms. The molecule has 4 heterocycles. The van der Waals surface area contributed by atoms with Gasteiger partial charge in [-0.25, -0.2) is 4.79 Å². The number of aromatic nitrogens is 4. The van der Waals surface area contributed by atoms with Crippen molar-refractivity contribution >= 4 is 5.52 Å². The van der Waals surface area contributed by atoms with Gasteiger partial charge >= 0.3 is 11.9 Å². The van der Waals surface area contributed by atoms with E-state index in [4.69, 9.17) is 0 Å². The van der Waals surface area contributed by atoms with Gasteiger partial charge in [0.1, 0.15) is 0 Å². The number of imidazole rings is 1. The fraction of sp³-hybridized carbons (Fsp3) is 0.464. The van der Waals surface area contributed by atoms with E-state index in [9.17, 15) is 18.0 Å². The summed E-state index contributed by atoms with van der Waals surface area (Å²) in [5.41, 5.74) is 3.02. The number of aryl methyl sites for hydroxylation is 1. The Morgan fingerprint density at radius 3 is 2.43 bits per heavy atom. The summed E-state index contributed by atoms with van der Waals surface area (Å²) < 4.78 is 44.9. The summed E-state index contributed by atoms with van der Waals surface area (Å²) >= 11 is 0. The Balaban J connectivity index is 1.42. The van der Waals surface area contributed by atoms with Crippen LogP contribution in [0.15, 0.2) is 47.5 Å². The zero-order valence-electron chi connectivity index (χ0n) is 20.9. The molecule has 0 spiro atoms. The molecule has 0 radical (unpaired) electrons. The van der Waals surface area contributed by atoms with Gasteiger partial charge in [-0.3, -0.25) is 13.9 Å². The lowest BCUT2D eigenvalue weighted by atomic mass is 9.71. The van der Waals surface area contributed by atoms with Gasteiger partial charge in [0.2, 0.25) is 0 Å². The minimum atomic E-state index is -4.56. The molecule has 1 saturated carbocycles. The second-order valence-electron chi connectivity index (χ2n) is 10.7.